The molecule has 2 aromatic rings. The van der Waals surface area contributed by atoms with Crippen molar-refractivity contribution in [1.82, 2.24) is 0 Å². The van der Waals surface area contributed by atoms with Crippen LogP contribution in [0.1, 0.15) is 28.4 Å². The average molecular weight is 327 g/mol. The van der Waals surface area contributed by atoms with Crippen molar-refractivity contribution in [2.24, 2.45) is 0 Å². The zero-order valence-corrected chi connectivity index (χ0v) is 13.5. The standard InChI is InChI=1S/C19H18FNO3/c1-3-24-18(22)11-7-14-5-9-16(10-6-14)21-19(23)17-12-15(20)8-4-13(17)2/h4-12H,3H2,1-2H3,(H,21,23)/b11-7+. The predicted molar refractivity (Wildman–Crippen MR) is 91.2 cm³/mol. The summed E-state index contributed by atoms with van der Waals surface area (Å²) < 4.78 is 18.1. The van der Waals surface area contributed by atoms with Crippen molar-refractivity contribution in [3.05, 3.63) is 71.0 Å². The highest BCUT2D eigenvalue weighted by Gasteiger charge is 2.10. The molecule has 2 aromatic carbocycles. The minimum absolute atomic E-state index is 0.293. The van der Waals surface area contributed by atoms with Gasteiger partial charge in [-0.15, -0.1) is 0 Å². The van der Waals surface area contributed by atoms with E-state index in [-0.39, 0.29) is 5.91 Å². The SMILES string of the molecule is CCOC(=O)/C=C/c1ccc(NC(=O)c2cc(F)ccc2C)cc1. The summed E-state index contributed by atoms with van der Waals surface area (Å²) in [6.07, 6.45) is 2.97. The molecule has 124 valence electrons. The van der Waals surface area contributed by atoms with Gasteiger partial charge < -0.3 is 10.1 Å². The maximum atomic E-state index is 13.3. The maximum absolute atomic E-state index is 13.3. The third kappa shape index (κ3) is 4.78. The van der Waals surface area contributed by atoms with Crippen LogP contribution in [0.15, 0.2) is 48.5 Å². The zero-order valence-electron chi connectivity index (χ0n) is 13.5. The second-order valence-corrected chi connectivity index (χ2v) is 5.12. The van der Waals surface area contributed by atoms with Gasteiger partial charge in [0, 0.05) is 17.3 Å². The quantitative estimate of drug-likeness (QED) is 0.668. The van der Waals surface area contributed by atoms with Crippen molar-refractivity contribution in [2.75, 3.05) is 11.9 Å². The Morgan fingerprint density at radius 1 is 1.17 bits per heavy atom. The predicted octanol–water partition coefficient (Wildman–Crippen LogP) is 3.96. The first kappa shape index (κ1) is 17.4. The number of benzene rings is 2. The van der Waals surface area contributed by atoms with E-state index in [1.54, 1.807) is 50.3 Å². The van der Waals surface area contributed by atoms with Crippen molar-refractivity contribution in [3.8, 4) is 0 Å². The summed E-state index contributed by atoms with van der Waals surface area (Å²) in [6, 6.07) is 11.0. The van der Waals surface area contributed by atoms with Crippen LogP contribution in [-0.2, 0) is 9.53 Å². The van der Waals surface area contributed by atoms with Gasteiger partial charge in [0.1, 0.15) is 5.82 Å². The summed E-state index contributed by atoms with van der Waals surface area (Å²) in [5, 5.41) is 2.72. The third-order valence-corrected chi connectivity index (χ3v) is 3.31. The summed E-state index contributed by atoms with van der Waals surface area (Å²) in [7, 11) is 0. The van der Waals surface area contributed by atoms with Gasteiger partial charge in [0.2, 0.25) is 0 Å². The highest BCUT2D eigenvalue weighted by atomic mass is 19.1. The van der Waals surface area contributed by atoms with Crippen molar-refractivity contribution in [1.29, 1.82) is 0 Å². The van der Waals surface area contributed by atoms with Crippen LogP contribution >= 0.6 is 0 Å². The van der Waals surface area contributed by atoms with Gasteiger partial charge in [0.25, 0.3) is 5.91 Å². The van der Waals surface area contributed by atoms with Crippen LogP contribution in [0.2, 0.25) is 0 Å². The minimum Gasteiger partial charge on any atom is -0.463 e. The lowest BCUT2D eigenvalue weighted by Gasteiger charge is -2.08. The summed E-state index contributed by atoms with van der Waals surface area (Å²) in [6.45, 7) is 3.81. The van der Waals surface area contributed by atoms with E-state index in [1.165, 1.54) is 18.2 Å². The van der Waals surface area contributed by atoms with E-state index < -0.39 is 11.8 Å². The molecule has 0 saturated heterocycles. The molecule has 0 atom stereocenters. The maximum Gasteiger partial charge on any atom is 0.330 e. The molecule has 0 spiro atoms. The molecule has 0 radical (unpaired) electrons. The number of esters is 1. The number of carbonyl (C=O) groups excluding carboxylic acids is 2. The fraction of sp³-hybridized carbons (Fsp3) is 0.158. The highest BCUT2D eigenvalue weighted by molar-refractivity contribution is 6.05. The van der Waals surface area contributed by atoms with Gasteiger partial charge in [-0.25, -0.2) is 9.18 Å². The van der Waals surface area contributed by atoms with Crippen LogP contribution in [0.4, 0.5) is 10.1 Å². The number of ether oxygens (including phenoxy) is 1. The lowest BCUT2D eigenvalue weighted by molar-refractivity contribution is -0.137. The van der Waals surface area contributed by atoms with Gasteiger partial charge in [-0.05, 0) is 55.3 Å². The van der Waals surface area contributed by atoms with Gasteiger partial charge in [-0.3, -0.25) is 4.79 Å². The number of rotatable bonds is 5. The molecule has 1 N–H and O–H groups in total. The van der Waals surface area contributed by atoms with E-state index in [0.29, 0.717) is 23.4 Å². The van der Waals surface area contributed by atoms with E-state index >= 15 is 0 Å². The molecule has 0 aliphatic carbocycles. The number of halogens is 1. The molecule has 0 aromatic heterocycles. The Labute approximate surface area is 140 Å². The number of anilines is 1. The van der Waals surface area contributed by atoms with Gasteiger partial charge >= 0.3 is 5.97 Å². The number of amides is 1. The molecule has 0 fully saturated rings. The van der Waals surface area contributed by atoms with E-state index in [9.17, 15) is 14.0 Å². The first-order chi connectivity index (χ1) is 11.5. The molecule has 24 heavy (non-hydrogen) atoms. The molecule has 0 aliphatic heterocycles. The lowest BCUT2D eigenvalue weighted by Crippen LogP contribution is -2.13. The van der Waals surface area contributed by atoms with Crippen LogP contribution in [0.25, 0.3) is 6.08 Å². The Morgan fingerprint density at radius 3 is 2.54 bits per heavy atom. The van der Waals surface area contributed by atoms with Gasteiger partial charge in [-0.1, -0.05) is 18.2 Å². The van der Waals surface area contributed by atoms with E-state index in [1.807, 2.05) is 0 Å². The van der Waals surface area contributed by atoms with Crippen LogP contribution < -0.4 is 5.32 Å². The first-order valence-corrected chi connectivity index (χ1v) is 7.52. The molecule has 4 nitrogen and oxygen atoms in total. The zero-order chi connectivity index (χ0) is 17.5. The summed E-state index contributed by atoms with van der Waals surface area (Å²) in [5.74, 6) is -1.23. The van der Waals surface area contributed by atoms with Gasteiger partial charge in [-0.2, -0.15) is 0 Å². The smallest absolute Gasteiger partial charge is 0.330 e. The van der Waals surface area contributed by atoms with Crippen LogP contribution in [-0.4, -0.2) is 18.5 Å². The molecule has 0 heterocycles. The van der Waals surface area contributed by atoms with E-state index in [0.717, 1.165) is 5.56 Å². The molecule has 5 heteroatoms. The number of aryl methyl sites for hydroxylation is 1. The molecule has 1 amide bonds. The van der Waals surface area contributed by atoms with Gasteiger partial charge in [0.15, 0.2) is 0 Å². The normalized spacial score (nSPS) is 10.6. The number of hydrogen-bond donors (Lipinski definition) is 1. The molecule has 0 saturated carbocycles. The van der Waals surface area contributed by atoms with E-state index in [4.69, 9.17) is 4.74 Å². The Balaban J connectivity index is 2.05. The monoisotopic (exact) mass is 327 g/mol. The Morgan fingerprint density at radius 2 is 1.88 bits per heavy atom. The Kier molecular flexibility index (Phi) is 5.84. The first-order valence-electron chi connectivity index (χ1n) is 7.52. The Hall–Kier alpha value is -2.95. The largest absolute Gasteiger partial charge is 0.463 e. The Bertz CT molecular complexity index is 767. The van der Waals surface area contributed by atoms with Crippen molar-refractivity contribution in [2.45, 2.75) is 13.8 Å². The van der Waals surface area contributed by atoms with Gasteiger partial charge in [0.05, 0.1) is 6.61 Å². The van der Waals surface area contributed by atoms with E-state index in [2.05, 4.69) is 5.32 Å². The number of hydrogen-bond acceptors (Lipinski definition) is 3. The molecule has 2 rings (SSSR count). The second kappa shape index (κ2) is 8.06. The third-order valence-electron chi connectivity index (χ3n) is 3.31. The van der Waals surface area contributed by atoms with Crippen molar-refractivity contribution in [3.63, 3.8) is 0 Å². The van der Waals surface area contributed by atoms with Crippen LogP contribution in [0.5, 0.6) is 0 Å². The second-order valence-electron chi connectivity index (χ2n) is 5.12. The fourth-order valence-corrected chi connectivity index (χ4v) is 2.07. The van der Waals surface area contributed by atoms with Crippen molar-refractivity contribution >= 4 is 23.6 Å². The summed E-state index contributed by atoms with van der Waals surface area (Å²) in [4.78, 5) is 23.5. The highest BCUT2D eigenvalue weighted by Crippen LogP contribution is 2.15. The average Bonchev–Trinajstić information content (AvgIpc) is 2.56. The molecular formula is C19H18FNO3. The molecule has 0 unspecified atom stereocenters. The number of nitrogens with one attached hydrogen (secondary N) is 1. The summed E-state index contributed by atoms with van der Waals surface area (Å²) >= 11 is 0. The molecule has 0 bridgehead atoms. The summed E-state index contributed by atoms with van der Waals surface area (Å²) in [5.41, 5.74) is 2.36. The van der Waals surface area contributed by atoms with Crippen LogP contribution in [0.3, 0.4) is 0 Å². The van der Waals surface area contributed by atoms with Crippen LogP contribution in [0, 0.1) is 12.7 Å². The molecular weight excluding hydrogens is 309 g/mol. The number of carbonyl (C=O) groups is 2. The minimum atomic E-state index is -0.454. The molecule has 0 aliphatic rings. The fourth-order valence-electron chi connectivity index (χ4n) is 2.07. The lowest BCUT2D eigenvalue weighted by atomic mass is 10.1. The topological polar surface area (TPSA) is 55.4 Å². The van der Waals surface area contributed by atoms with Crippen molar-refractivity contribution < 1.29 is 18.7 Å².